The Hall–Kier alpha value is -2.94. The van der Waals surface area contributed by atoms with Crippen molar-refractivity contribution in [2.45, 2.75) is 20.5 Å². The third kappa shape index (κ3) is 3.31. The van der Waals surface area contributed by atoms with Crippen molar-refractivity contribution >= 4 is 23.3 Å². The molecule has 0 saturated carbocycles. The van der Waals surface area contributed by atoms with Gasteiger partial charge < -0.3 is 19.0 Å². The Morgan fingerprint density at radius 1 is 1.32 bits per heavy atom. The molecule has 1 N–H and O–H groups in total. The lowest BCUT2D eigenvalue weighted by molar-refractivity contribution is 0.0422. The van der Waals surface area contributed by atoms with Crippen molar-refractivity contribution in [3.8, 4) is 10.7 Å². The van der Waals surface area contributed by atoms with E-state index in [0.29, 0.717) is 22.6 Å². The molecular weight excluding hydrogens is 346 g/mol. The number of hydrogen-bond donors (Lipinski definition) is 1. The number of aryl methyl sites for hydroxylation is 1. The van der Waals surface area contributed by atoms with Gasteiger partial charge in [0.2, 0.25) is 5.82 Å². The zero-order chi connectivity index (χ0) is 18.0. The van der Waals surface area contributed by atoms with Gasteiger partial charge in [-0.25, -0.2) is 9.59 Å². The largest absolute Gasteiger partial charge is 0.465 e. The second-order valence-electron chi connectivity index (χ2n) is 5.18. The van der Waals surface area contributed by atoms with Crippen LogP contribution in [-0.4, -0.2) is 34.2 Å². The fourth-order valence-corrected chi connectivity index (χ4v) is 3.03. The van der Waals surface area contributed by atoms with Gasteiger partial charge in [-0.15, -0.1) is 11.3 Å². The maximum Gasteiger partial charge on any atom is 0.355 e. The molecule has 0 radical (unpaired) electrons. The third-order valence-corrected chi connectivity index (χ3v) is 4.43. The topological polar surface area (TPSA) is 107 Å². The van der Waals surface area contributed by atoms with Gasteiger partial charge in [0, 0.05) is 5.69 Å². The number of thiophene rings is 1. The van der Waals surface area contributed by atoms with E-state index in [2.05, 4.69) is 15.1 Å². The number of carbonyl (C=O) groups is 2. The third-order valence-electron chi connectivity index (χ3n) is 3.57. The van der Waals surface area contributed by atoms with E-state index < -0.39 is 11.9 Å². The summed E-state index contributed by atoms with van der Waals surface area (Å²) in [7, 11) is 1.28. The van der Waals surface area contributed by atoms with Crippen molar-refractivity contribution in [3.05, 3.63) is 45.9 Å². The standard InChI is InChI=1S/C16H15N3O5S/c1-8-12(15(20)22-3)9(2)17-13(8)16(21)23-7-11-18-14(19-24-11)10-5-4-6-25-10/h4-6,17H,7H2,1-3H3. The van der Waals surface area contributed by atoms with Crippen LogP contribution >= 0.6 is 11.3 Å². The summed E-state index contributed by atoms with van der Waals surface area (Å²) >= 11 is 1.48. The molecule has 130 valence electrons. The van der Waals surface area contributed by atoms with Crippen molar-refractivity contribution in [1.82, 2.24) is 15.1 Å². The number of carbonyl (C=O) groups excluding carboxylic acids is 2. The van der Waals surface area contributed by atoms with Gasteiger partial charge in [0.25, 0.3) is 5.89 Å². The van der Waals surface area contributed by atoms with E-state index >= 15 is 0 Å². The first-order valence-electron chi connectivity index (χ1n) is 7.32. The number of esters is 2. The van der Waals surface area contributed by atoms with Crippen LogP contribution in [0.5, 0.6) is 0 Å². The molecule has 3 heterocycles. The van der Waals surface area contributed by atoms with Crippen molar-refractivity contribution in [2.75, 3.05) is 7.11 Å². The first-order chi connectivity index (χ1) is 12.0. The summed E-state index contributed by atoms with van der Waals surface area (Å²) in [5.41, 5.74) is 1.52. The van der Waals surface area contributed by atoms with Gasteiger partial charge in [-0.05, 0) is 30.9 Å². The number of nitrogens with one attached hydrogen (secondary N) is 1. The smallest absolute Gasteiger partial charge is 0.355 e. The van der Waals surface area contributed by atoms with E-state index in [0.717, 1.165) is 4.88 Å². The summed E-state index contributed by atoms with van der Waals surface area (Å²) in [6, 6.07) is 3.75. The number of nitrogens with zero attached hydrogens (tertiary/aromatic N) is 2. The predicted molar refractivity (Wildman–Crippen MR) is 88.3 cm³/mol. The Bertz CT molecular complexity index is 911. The van der Waals surface area contributed by atoms with Crippen LogP contribution in [0, 0.1) is 13.8 Å². The van der Waals surface area contributed by atoms with Crippen LogP contribution in [0.1, 0.15) is 38.0 Å². The maximum atomic E-state index is 12.3. The van der Waals surface area contributed by atoms with Crippen LogP contribution in [0.3, 0.4) is 0 Å². The second-order valence-corrected chi connectivity index (χ2v) is 6.13. The minimum atomic E-state index is -0.619. The van der Waals surface area contributed by atoms with Gasteiger partial charge in [-0.3, -0.25) is 0 Å². The van der Waals surface area contributed by atoms with Crippen LogP contribution in [0.4, 0.5) is 0 Å². The van der Waals surface area contributed by atoms with E-state index in [1.165, 1.54) is 18.4 Å². The van der Waals surface area contributed by atoms with E-state index in [9.17, 15) is 9.59 Å². The molecule has 0 amide bonds. The Kier molecular flexibility index (Phi) is 4.66. The Labute approximate surface area is 146 Å². The molecule has 0 spiro atoms. The van der Waals surface area contributed by atoms with Crippen molar-refractivity contribution < 1.29 is 23.6 Å². The zero-order valence-corrected chi connectivity index (χ0v) is 14.6. The summed E-state index contributed by atoms with van der Waals surface area (Å²) < 4.78 is 15.0. The highest BCUT2D eigenvalue weighted by Gasteiger charge is 2.24. The van der Waals surface area contributed by atoms with Crippen LogP contribution in [-0.2, 0) is 16.1 Å². The average molecular weight is 361 g/mol. The summed E-state index contributed by atoms with van der Waals surface area (Å²) in [5.74, 6) is -0.499. The summed E-state index contributed by atoms with van der Waals surface area (Å²) in [6.45, 7) is 3.16. The van der Waals surface area contributed by atoms with E-state index in [1.54, 1.807) is 13.8 Å². The highest BCUT2D eigenvalue weighted by atomic mass is 32.1. The molecule has 3 aromatic heterocycles. The molecule has 0 aliphatic rings. The molecule has 3 rings (SSSR count). The SMILES string of the molecule is COC(=O)c1c(C)[nH]c(C(=O)OCc2nc(-c3cccs3)no2)c1C. The van der Waals surface area contributed by atoms with Gasteiger partial charge in [0.15, 0.2) is 6.61 Å². The quantitative estimate of drug-likeness (QED) is 0.696. The number of ether oxygens (including phenoxy) is 2. The fourth-order valence-electron chi connectivity index (χ4n) is 2.38. The summed E-state index contributed by atoms with van der Waals surface area (Å²) in [6.07, 6.45) is 0. The highest BCUT2D eigenvalue weighted by molar-refractivity contribution is 7.13. The van der Waals surface area contributed by atoms with Crippen molar-refractivity contribution in [2.24, 2.45) is 0 Å². The zero-order valence-electron chi connectivity index (χ0n) is 13.8. The molecule has 0 unspecified atom stereocenters. The number of aromatic amines is 1. The van der Waals surface area contributed by atoms with Gasteiger partial charge in [-0.2, -0.15) is 4.98 Å². The fraction of sp³-hybridized carbons (Fsp3) is 0.250. The van der Waals surface area contributed by atoms with Gasteiger partial charge in [0.05, 0.1) is 17.6 Å². The summed E-state index contributed by atoms with van der Waals surface area (Å²) in [5, 5.41) is 5.75. The number of aromatic nitrogens is 3. The minimum Gasteiger partial charge on any atom is -0.465 e. The predicted octanol–water partition coefficient (Wildman–Crippen LogP) is 2.89. The molecule has 0 aliphatic carbocycles. The average Bonchev–Trinajstić information content (AvgIpc) is 3.32. The van der Waals surface area contributed by atoms with E-state index in [1.807, 2.05) is 17.5 Å². The van der Waals surface area contributed by atoms with Crippen LogP contribution < -0.4 is 0 Å². The van der Waals surface area contributed by atoms with Crippen LogP contribution in [0.25, 0.3) is 10.7 Å². The molecule has 0 fully saturated rings. The Morgan fingerprint density at radius 2 is 2.12 bits per heavy atom. The first kappa shape index (κ1) is 16.9. The van der Waals surface area contributed by atoms with Crippen LogP contribution in [0.15, 0.2) is 22.0 Å². The van der Waals surface area contributed by atoms with E-state index in [-0.39, 0.29) is 18.2 Å². The number of rotatable bonds is 5. The Balaban J connectivity index is 1.70. The maximum absolute atomic E-state index is 12.3. The lowest BCUT2D eigenvalue weighted by atomic mass is 10.1. The lowest BCUT2D eigenvalue weighted by Gasteiger charge is -2.02. The molecule has 0 aromatic carbocycles. The lowest BCUT2D eigenvalue weighted by Crippen LogP contribution is -2.08. The molecule has 0 atom stereocenters. The monoisotopic (exact) mass is 361 g/mol. The first-order valence-corrected chi connectivity index (χ1v) is 8.20. The molecule has 0 bridgehead atoms. The molecule has 25 heavy (non-hydrogen) atoms. The van der Waals surface area contributed by atoms with Gasteiger partial charge >= 0.3 is 11.9 Å². The normalized spacial score (nSPS) is 10.7. The second kappa shape index (κ2) is 6.89. The van der Waals surface area contributed by atoms with E-state index in [4.69, 9.17) is 14.0 Å². The molecule has 0 aliphatic heterocycles. The number of H-pyrrole nitrogens is 1. The molecule has 8 nitrogen and oxygen atoms in total. The molecule has 0 saturated heterocycles. The van der Waals surface area contributed by atoms with Gasteiger partial charge in [-0.1, -0.05) is 11.2 Å². The molecule has 9 heteroatoms. The summed E-state index contributed by atoms with van der Waals surface area (Å²) in [4.78, 5) is 31.9. The number of hydrogen-bond acceptors (Lipinski definition) is 8. The highest BCUT2D eigenvalue weighted by Crippen LogP contribution is 2.22. The Morgan fingerprint density at radius 3 is 2.80 bits per heavy atom. The van der Waals surface area contributed by atoms with Crippen molar-refractivity contribution in [1.29, 1.82) is 0 Å². The molecule has 3 aromatic rings. The number of methoxy groups -OCH3 is 1. The van der Waals surface area contributed by atoms with Crippen LogP contribution in [0.2, 0.25) is 0 Å². The van der Waals surface area contributed by atoms with Crippen molar-refractivity contribution in [3.63, 3.8) is 0 Å². The van der Waals surface area contributed by atoms with Gasteiger partial charge in [0.1, 0.15) is 5.69 Å². The minimum absolute atomic E-state index is 0.164. The molecular formula is C16H15N3O5S.